The van der Waals surface area contributed by atoms with Crippen LogP contribution in [-0.4, -0.2) is 67.1 Å². The third kappa shape index (κ3) is 4.02. The quantitative estimate of drug-likeness (QED) is 0.813. The van der Waals surface area contributed by atoms with Crippen molar-refractivity contribution in [3.8, 4) is 0 Å². The van der Waals surface area contributed by atoms with E-state index in [1.54, 1.807) is 12.3 Å². The number of ether oxygens (including phenoxy) is 1. The first kappa shape index (κ1) is 14.9. The predicted molar refractivity (Wildman–Crippen MR) is 77.7 cm³/mol. The molecular weight excluding hydrogens is 254 g/mol. The van der Waals surface area contributed by atoms with E-state index in [4.69, 9.17) is 4.74 Å². The molecule has 0 radical (unpaired) electrons. The summed E-state index contributed by atoms with van der Waals surface area (Å²) in [4.78, 5) is 20.9. The van der Waals surface area contributed by atoms with E-state index in [2.05, 4.69) is 9.88 Å². The summed E-state index contributed by atoms with van der Waals surface area (Å²) in [6.45, 7) is 3.06. The summed E-state index contributed by atoms with van der Waals surface area (Å²) in [7, 11) is 4.04. The van der Waals surface area contributed by atoms with Crippen molar-refractivity contribution in [1.29, 1.82) is 0 Å². The molecule has 0 aliphatic carbocycles. The Morgan fingerprint density at radius 1 is 1.30 bits per heavy atom. The van der Waals surface area contributed by atoms with E-state index < -0.39 is 0 Å². The lowest BCUT2D eigenvalue weighted by molar-refractivity contribution is 0.0272. The minimum atomic E-state index is 0.0272. The van der Waals surface area contributed by atoms with Crippen LogP contribution < -0.4 is 0 Å². The van der Waals surface area contributed by atoms with E-state index in [1.807, 2.05) is 31.1 Å². The number of pyridine rings is 1. The van der Waals surface area contributed by atoms with E-state index in [0.717, 1.165) is 39.1 Å². The van der Waals surface area contributed by atoms with Crippen molar-refractivity contribution in [1.82, 2.24) is 14.8 Å². The number of hydrogen-bond donors (Lipinski definition) is 0. The van der Waals surface area contributed by atoms with Gasteiger partial charge in [-0.3, -0.25) is 9.78 Å². The fraction of sp³-hybridized carbons (Fsp3) is 0.600. The molecule has 5 heteroatoms. The Morgan fingerprint density at radius 3 is 2.65 bits per heavy atom. The summed E-state index contributed by atoms with van der Waals surface area (Å²) in [5, 5.41) is 0. The number of nitrogens with zero attached hydrogens (tertiary/aromatic N) is 3. The molecular formula is C15H23N3O2. The molecule has 0 spiro atoms. The molecule has 1 aromatic heterocycles. The predicted octanol–water partition coefficient (Wildman–Crippen LogP) is 1.26. The zero-order valence-corrected chi connectivity index (χ0v) is 12.3. The molecule has 1 aromatic rings. The van der Waals surface area contributed by atoms with Gasteiger partial charge in [0.25, 0.3) is 5.91 Å². The minimum Gasteiger partial charge on any atom is -0.381 e. The van der Waals surface area contributed by atoms with E-state index in [9.17, 15) is 4.79 Å². The molecule has 2 rings (SSSR count). The molecule has 1 amide bonds. The maximum Gasteiger partial charge on any atom is 0.272 e. The second-order valence-corrected chi connectivity index (χ2v) is 5.36. The summed E-state index contributed by atoms with van der Waals surface area (Å²) in [5.41, 5.74) is 0.526. The number of rotatable bonds is 5. The van der Waals surface area contributed by atoms with Crippen LogP contribution in [0.25, 0.3) is 0 Å². The zero-order chi connectivity index (χ0) is 14.4. The van der Waals surface area contributed by atoms with Crippen LogP contribution in [-0.2, 0) is 4.74 Å². The number of amides is 1. The van der Waals surface area contributed by atoms with Gasteiger partial charge in [-0.2, -0.15) is 0 Å². The van der Waals surface area contributed by atoms with Gasteiger partial charge in [-0.05, 0) is 39.1 Å². The van der Waals surface area contributed by atoms with Gasteiger partial charge in [0.2, 0.25) is 0 Å². The van der Waals surface area contributed by atoms with Gasteiger partial charge in [0.1, 0.15) is 5.69 Å². The van der Waals surface area contributed by atoms with Gasteiger partial charge in [-0.1, -0.05) is 6.07 Å². The summed E-state index contributed by atoms with van der Waals surface area (Å²) >= 11 is 0. The van der Waals surface area contributed by atoms with Gasteiger partial charge in [-0.15, -0.1) is 0 Å². The third-order valence-corrected chi connectivity index (χ3v) is 3.56. The van der Waals surface area contributed by atoms with Crippen molar-refractivity contribution in [2.24, 2.45) is 0 Å². The largest absolute Gasteiger partial charge is 0.381 e. The molecule has 0 saturated carbocycles. The molecule has 20 heavy (non-hydrogen) atoms. The Labute approximate surface area is 120 Å². The van der Waals surface area contributed by atoms with Crippen molar-refractivity contribution in [2.75, 3.05) is 40.4 Å². The fourth-order valence-corrected chi connectivity index (χ4v) is 2.39. The molecule has 110 valence electrons. The summed E-state index contributed by atoms with van der Waals surface area (Å²) in [6.07, 6.45) is 3.49. The Kier molecular flexibility index (Phi) is 5.49. The molecule has 0 N–H and O–H groups in total. The number of carbonyl (C=O) groups is 1. The number of likely N-dealkylation sites (N-methyl/N-ethyl adjacent to an activating group) is 1. The van der Waals surface area contributed by atoms with Crippen molar-refractivity contribution in [3.63, 3.8) is 0 Å². The van der Waals surface area contributed by atoms with Gasteiger partial charge in [-0.25, -0.2) is 0 Å². The first-order chi connectivity index (χ1) is 9.68. The fourth-order valence-electron chi connectivity index (χ4n) is 2.39. The maximum absolute atomic E-state index is 12.7. The lowest BCUT2D eigenvalue weighted by Crippen LogP contribution is -2.46. The topological polar surface area (TPSA) is 45.7 Å². The van der Waals surface area contributed by atoms with Crippen LogP contribution in [0.2, 0.25) is 0 Å². The SMILES string of the molecule is CN(C)CCN(C(=O)c1ccccn1)C1CCOCC1. The maximum atomic E-state index is 12.7. The van der Waals surface area contributed by atoms with Crippen LogP contribution in [0.15, 0.2) is 24.4 Å². The molecule has 1 saturated heterocycles. The second-order valence-electron chi connectivity index (χ2n) is 5.36. The number of aromatic nitrogens is 1. The highest BCUT2D eigenvalue weighted by atomic mass is 16.5. The summed E-state index contributed by atoms with van der Waals surface area (Å²) < 4.78 is 5.40. The highest BCUT2D eigenvalue weighted by Crippen LogP contribution is 2.16. The zero-order valence-electron chi connectivity index (χ0n) is 12.3. The Balaban J connectivity index is 2.10. The van der Waals surface area contributed by atoms with Crippen LogP contribution in [0.3, 0.4) is 0 Å². The second kappa shape index (κ2) is 7.36. The highest BCUT2D eigenvalue weighted by Gasteiger charge is 2.26. The number of hydrogen-bond acceptors (Lipinski definition) is 4. The molecule has 0 unspecified atom stereocenters. The molecule has 2 heterocycles. The smallest absolute Gasteiger partial charge is 0.272 e. The van der Waals surface area contributed by atoms with Crippen molar-refractivity contribution < 1.29 is 9.53 Å². The van der Waals surface area contributed by atoms with Crippen LogP contribution >= 0.6 is 0 Å². The van der Waals surface area contributed by atoms with Crippen molar-refractivity contribution >= 4 is 5.91 Å². The summed E-state index contributed by atoms with van der Waals surface area (Å²) in [6, 6.07) is 5.73. The monoisotopic (exact) mass is 277 g/mol. The van der Waals surface area contributed by atoms with Gasteiger partial charge < -0.3 is 14.5 Å². The molecule has 1 aliphatic heterocycles. The Morgan fingerprint density at radius 2 is 2.05 bits per heavy atom. The Hall–Kier alpha value is -1.46. The first-order valence-electron chi connectivity index (χ1n) is 7.13. The lowest BCUT2D eigenvalue weighted by atomic mass is 10.1. The average molecular weight is 277 g/mol. The molecule has 5 nitrogen and oxygen atoms in total. The highest BCUT2D eigenvalue weighted by molar-refractivity contribution is 5.92. The first-order valence-corrected chi connectivity index (χ1v) is 7.13. The minimum absolute atomic E-state index is 0.0272. The average Bonchev–Trinajstić information content (AvgIpc) is 2.49. The number of carbonyl (C=O) groups excluding carboxylic acids is 1. The molecule has 0 bridgehead atoms. The molecule has 0 aromatic carbocycles. The lowest BCUT2D eigenvalue weighted by Gasteiger charge is -2.34. The van der Waals surface area contributed by atoms with E-state index in [0.29, 0.717) is 5.69 Å². The third-order valence-electron chi connectivity index (χ3n) is 3.56. The molecule has 1 aliphatic rings. The van der Waals surface area contributed by atoms with Crippen molar-refractivity contribution in [3.05, 3.63) is 30.1 Å². The van der Waals surface area contributed by atoms with Crippen LogP contribution in [0, 0.1) is 0 Å². The Bertz CT molecular complexity index is 416. The van der Waals surface area contributed by atoms with Gasteiger partial charge >= 0.3 is 0 Å². The van der Waals surface area contributed by atoms with Gasteiger partial charge in [0.15, 0.2) is 0 Å². The van der Waals surface area contributed by atoms with Crippen LogP contribution in [0.5, 0.6) is 0 Å². The van der Waals surface area contributed by atoms with E-state index >= 15 is 0 Å². The van der Waals surface area contributed by atoms with E-state index in [1.165, 1.54) is 0 Å². The molecule has 0 atom stereocenters. The standard InChI is InChI=1S/C15H23N3O2/c1-17(2)9-10-18(13-6-11-20-12-7-13)15(19)14-5-3-4-8-16-14/h3-5,8,13H,6-7,9-12H2,1-2H3. The molecule has 1 fully saturated rings. The van der Waals surface area contributed by atoms with Crippen molar-refractivity contribution in [2.45, 2.75) is 18.9 Å². The van der Waals surface area contributed by atoms with Gasteiger partial charge in [0.05, 0.1) is 0 Å². The summed E-state index contributed by atoms with van der Waals surface area (Å²) in [5.74, 6) is 0.0272. The van der Waals surface area contributed by atoms with Gasteiger partial charge in [0, 0.05) is 38.5 Å². The van der Waals surface area contributed by atoms with Crippen LogP contribution in [0.1, 0.15) is 23.3 Å². The van der Waals surface area contributed by atoms with E-state index in [-0.39, 0.29) is 11.9 Å². The van der Waals surface area contributed by atoms with Crippen LogP contribution in [0.4, 0.5) is 0 Å². The normalized spacial score (nSPS) is 16.4.